The van der Waals surface area contributed by atoms with Gasteiger partial charge in [-0.3, -0.25) is 0 Å². The normalized spacial score (nSPS) is 12.9. The molecule has 4 heterocycles. The molecular formula is C58H38N4Si. The molecule has 0 saturated heterocycles. The lowest BCUT2D eigenvalue weighted by Crippen LogP contribution is -2.73. The van der Waals surface area contributed by atoms with Gasteiger partial charge in [-0.05, 0) is 76.2 Å². The molecule has 1 aliphatic rings. The summed E-state index contributed by atoms with van der Waals surface area (Å²) in [7, 11) is -2.86. The van der Waals surface area contributed by atoms with Crippen LogP contribution in [0.4, 0.5) is 0 Å². The Morgan fingerprint density at radius 3 is 1.38 bits per heavy atom. The molecule has 0 amide bonds. The van der Waals surface area contributed by atoms with Crippen LogP contribution in [0.5, 0.6) is 0 Å². The predicted molar refractivity (Wildman–Crippen MR) is 264 cm³/mol. The molecule has 3 aromatic heterocycles. The van der Waals surface area contributed by atoms with Gasteiger partial charge in [0, 0.05) is 54.8 Å². The Hall–Kier alpha value is -8.12. The minimum absolute atomic E-state index is 0.720. The molecule has 0 fully saturated rings. The summed E-state index contributed by atoms with van der Waals surface area (Å²) in [6.45, 7) is 0. The molecule has 0 spiro atoms. The van der Waals surface area contributed by atoms with E-state index < -0.39 is 8.07 Å². The zero-order valence-electron chi connectivity index (χ0n) is 34.2. The maximum Gasteiger partial charge on any atom is 0.185 e. The molecule has 0 N–H and O–H groups in total. The summed E-state index contributed by atoms with van der Waals surface area (Å²) in [5.74, 6) is 0.720. The first kappa shape index (κ1) is 35.6. The Labute approximate surface area is 365 Å². The van der Waals surface area contributed by atoms with E-state index in [1.165, 1.54) is 69.9 Å². The van der Waals surface area contributed by atoms with Crippen molar-refractivity contribution in [3.8, 4) is 45.3 Å². The Kier molecular flexibility index (Phi) is 7.89. The molecule has 0 radical (unpaired) electrons. The lowest BCUT2D eigenvalue weighted by atomic mass is 10.1. The van der Waals surface area contributed by atoms with E-state index in [2.05, 4.69) is 240 Å². The fourth-order valence-corrected chi connectivity index (χ4v) is 15.8. The Balaban J connectivity index is 1.02. The van der Waals surface area contributed by atoms with Gasteiger partial charge in [-0.2, -0.15) is 0 Å². The quantitative estimate of drug-likeness (QED) is 0.157. The summed E-state index contributed by atoms with van der Waals surface area (Å²) in [6, 6.07) is 83.7. The number of hydrogen-bond acceptors (Lipinski definition) is 2. The molecule has 4 nitrogen and oxygen atoms in total. The van der Waals surface area contributed by atoms with Crippen molar-refractivity contribution in [1.82, 2.24) is 19.1 Å². The molecule has 9 aromatic carbocycles. The van der Waals surface area contributed by atoms with Crippen LogP contribution in [0.15, 0.2) is 231 Å². The molecule has 0 saturated carbocycles. The van der Waals surface area contributed by atoms with E-state index >= 15 is 0 Å². The van der Waals surface area contributed by atoms with Crippen LogP contribution in [0.3, 0.4) is 0 Å². The molecule has 0 unspecified atom stereocenters. The van der Waals surface area contributed by atoms with Crippen LogP contribution in [0, 0.1) is 0 Å². The minimum Gasteiger partial charge on any atom is -0.309 e. The fourth-order valence-electron chi connectivity index (χ4n) is 10.6. The van der Waals surface area contributed by atoms with Crippen LogP contribution in [-0.4, -0.2) is 27.2 Å². The molecule has 0 atom stereocenters. The first-order chi connectivity index (χ1) is 31.3. The van der Waals surface area contributed by atoms with Gasteiger partial charge in [0.2, 0.25) is 0 Å². The number of nitrogens with zero attached hydrogens (tertiary/aromatic N) is 4. The van der Waals surface area contributed by atoms with Crippen molar-refractivity contribution in [3.63, 3.8) is 0 Å². The summed E-state index contributed by atoms with van der Waals surface area (Å²) in [5.41, 5.74) is 12.3. The van der Waals surface area contributed by atoms with Gasteiger partial charge < -0.3 is 9.13 Å². The number of benzene rings is 9. The van der Waals surface area contributed by atoms with Crippen molar-refractivity contribution < 1.29 is 0 Å². The van der Waals surface area contributed by atoms with Gasteiger partial charge in [0.25, 0.3) is 0 Å². The van der Waals surface area contributed by atoms with Crippen molar-refractivity contribution in [2.24, 2.45) is 0 Å². The van der Waals surface area contributed by atoms with Gasteiger partial charge in [-0.1, -0.05) is 170 Å². The van der Waals surface area contributed by atoms with E-state index in [1.807, 2.05) is 0 Å². The third-order valence-electron chi connectivity index (χ3n) is 13.2. The lowest BCUT2D eigenvalue weighted by Gasteiger charge is -2.32. The molecule has 1 aliphatic heterocycles. The summed E-state index contributed by atoms with van der Waals surface area (Å²) in [6.07, 6.45) is 0. The minimum atomic E-state index is -2.86. The van der Waals surface area contributed by atoms with Crippen molar-refractivity contribution in [1.29, 1.82) is 0 Å². The number of para-hydroxylation sites is 3. The zero-order chi connectivity index (χ0) is 41.5. The van der Waals surface area contributed by atoms with E-state index in [0.717, 1.165) is 39.7 Å². The highest BCUT2D eigenvalue weighted by atomic mass is 28.3. The van der Waals surface area contributed by atoms with E-state index in [-0.39, 0.29) is 0 Å². The van der Waals surface area contributed by atoms with Crippen molar-refractivity contribution >= 4 is 72.4 Å². The average molecular weight is 819 g/mol. The van der Waals surface area contributed by atoms with Crippen LogP contribution in [0.25, 0.3) is 88.9 Å². The fraction of sp³-hybridized carbons (Fsp3) is 0. The van der Waals surface area contributed by atoms with E-state index in [0.29, 0.717) is 0 Å². The molecule has 5 heteroatoms. The second-order valence-corrected chi connectivity index (χ2v) is 20.2. The van der Waals surface area contributed by atoms with Gasteiger partial charge in [0.1, 0.15) is 0 Å². The second-order valence-electron chi connectivity index (χ2n) is 16.5. The monoisotopic (exact) mass is 818 g/mol. The molecule has 12 aromatic rings. The Morgan fingerprint density at radius 1 is 0.333 bits per heavy atom. The number of aromatic nitrogens is 4. The highest BCUT2D eigenvalue weighted by molar-refractivity contribution is 7.22. The first-order valence-corrected chi connectivity index (χ1v) is 23.6. The van der Waals surface area contributed by atoms with Gasteiger partial charge in [-0.25, -0.2) is 9.97 Å². The third kappa shape index (κ3) is 5.21. The summed E-state index contributed by atoms with van der Waals surface area (Å²) < 4.78 is 4.81. The maximum absolute atomic E-state index is 5.61. The molecule has 63 heavy (non-hydrogen) atoms. The van der Waals surface area contributed by atoms with Crippen molar-refractivity contribution in [2.75, 3.05) is 0 Å². The summed E-state index contributed by atoms with van der Waals surface area (Å²) in [5, 5.41) is 10.2. The van der Waals surface area contributed by atoms with E-state index in [1.54, 1.807) is 0 Å². The van der Waals surface area contributed by atoms with Crippen LogP contribution < -0.4 is 20.7 Å². The van der Waals surface area contributed by atoms with Gasteiger partial charge in [0.15, 0.2) is 13.9 Å². The van der Waals surface area contributed by atoms with Crippen molar-refractivity contribution in [3.05, 3.63) is 231 Å². The molecule has 0 aliphatic carbocycles. The predicted octanol–water partition coefficient (Wildman–Crippen LogP) is 11.4. The first-order valence-electron chi connectivity index (χ1n) is 21.6. The molecule has 13 rings (SSSR count). The largest absolute Gasteiger partial charge is 0.309 e. The maximum atomic E-state index is 5.61. The third-order valence-corrected chi connectivity index (χ3v) is 18.1. The average Bonchev–Trinajstić information content (AvgIpc) is 3.98. The Morgan fingerprint density at radius 2 is 0.794 bits per heavy atom. The van der Waals surface area contributed by atoms with Crippen LogP contribution in [-0.2, 0) is 0 Å². The number of hydrogen-bond donors (Lipinski definition) is 0. The summed E-state index contributed by atoms with van der Waals surface area (Å²) >= 11 is 0. The number of fused-ring (bicyclic) bond motifs is 9. The van der Waals surface area contributed by atoms with Gasteiger partial charge >= 0.3 is 0 Å². The smallest absolute Gasteiger partial charge is 0.185 e. The molecule has 0 bridgehead atoms. The van der Waals surface area contributed by atoms with E-state index in [4.69, 9.17) is 9.97 Å². The van der Waals surface area contributed by atoms with Crippen molar-refractivity contribution in [2.45, 2.75) is 0 Å². The highest BCUT2D eigenvalue weighted by Gasteiger charge is 2.51. The summed E-state index contributed by atoms with van der Waals surface area (Å²) in [4.78, 5) is 11.2. The van der Waals surface area contributed by atoms with Crippen LogP contribution >= 0.6 is 0 Å². The standard InChI is InChI=1S/C58H38N4Si/c1-5-19-39(20-6-1)55-57-56(47-29-15-18-32-54(47)63(57,43-23-9-3-10-24-43)44-25-11-4-12-26-44)60-58(59-55)40-33-35-42(36-34-40)62-51-31-17-14-28-46(51)49-37-52-48(38-53(49)62)45-27-13-16-30-50(45)61(52)41-21-7-2-8-22-41/h1-38H. The topological polar surface area (TPSA) is 35.6 Å². The molecule has 294 valence electrons. The molecular weight excluding hydrogens is 781 g/mol. The zero-order valence-corrected chi connectivity index (χ0v) is 35.2. The van der Waals surface area contributed by atoms with E-state index in [9.17, 15) is 0 Å². The SMILES string of the molecule is c1ccc(-c2nc(-c3ccc(-n4c5ccccc5c5cc6c(cc54)c4ccccc4n6-c4ccccc4)cc3)nc3c2[Si](c2ccccc2)(c2ccccc2)c2ccccc2-3)cc1. The van der Waals surface area contributed by atoms with Crippen LogP contribution in [0.1, 0.15) is 0 Å². The lowest BCUT2D eigenvalue weighted by molar-refractivity contribution is 1.17. The number of rotatable bonds is 6. The Bertz CT molecular complexity index is 3670. The second kappa shape index (κ2) is 14.0. The van der Waals surface area contributed by atoms with Gasteiger partial charge in [-0.15, -0.1) is 0 Å². The van der Waals surface area contributed by atoms with Gasteiger partial charge in [0.05, 0.1) is 33.5 Å². The highest BCUT2D eigenvalue weighted by Crippen LogP contribution is 2.40. The van der Waals surface area contributed by atoms with Crippen LogP contribution in [0.2, 0.25) is 0 Å².